The Morgan fingerprint density at radius 2 is 1.65 bits per heavy atom. The minimum absolute atomic E-state index is 0.0174. The van der Waals surface area contributed by atoms with E-state index in [1.807, 2.05) is 0 Å². The van der Waals surface area contributed by atoms with Crippen LogP contribution in [0.15, 0.2) is 21.9 Å². The molecule has 1 saturated carbocycles. The van der Waals surface area contributed by atoms with Crippen molar-refractivity contribution in [3.63, 3.8) is 0 Å². The highest BCUT2D eigenvalue weighted by Gasteiger charge is 2.65. The first-order valence-electron chi connectivity index (χ1n) is 12.3. The number of nitrogens with zero attached hydrogens (tertiary/aromatic N) is 1. The molecule has 0 aromatic carbocycles. The Morgan fingerprint density at radius 1 is 1.09 bits per heavy atom. The van der Waals surface area contributed by atoms with Crippen LogP contribution in [0.5, 0.6) is 0 Å². The van der Waals surface area contributed by atoms with Crippen LogP contribution in [0, 0.1) is 5.92 Å². The smallest absolute Gasteiger partial charge is 0.330 e. The highest BCUT2D eigenvalue weighted by atomic mass is 28.4. The van der Waals surface area contributed by atoms with Gasteiger partial charge in [-0.25, -0.2) is 9.18 Å². The second-order valence-corrected chi connectivity index (χ2v) is 22.6. The van der Waals surface area contributed by atoms with Crippen molar-refractivity contribution < 1.29 is 18.0 Å². The summed E-state index contributed by atoms with van der Waals surface area (Å²) >= 11 is 0. The molecular weight excluding hydrogens is 471 g/mol. The zero-order valence-electron chi connectivity index (χ0n) is 22.5. The van der Waals surface area contributed by atoms with Crippen LogP contribution in [0.2, 0.25) is 36.3 Å². The molecule has 1 aromatic rings. The van der Waals surface area contributed by atoms with Crippen molar-refractivity contribution in [2.24, 2.45) is 5.92 Å². The number of ether oxygens (including phenoxy) is 1. The van der Waals surface area contributed by atoms with E-state index in [9.17, 15) is 9.59 Å². The Morgan fingerprint density at radius 3 is 2.12 bits per heavy atom. The van der Waals surface area contributed by atoms with Gasteiger partial charge in [0, 0.05) is 12.3 Å². The third kappa shape index (κ3) is 5.07. The van der Waals surface area contributed by atoms with Crippen LogP contribution in [0.25, 0.3) is 0 Å². The van der Waals surface area contributed by atoms with E-state index in [2.05, 4.69) is 72.7 Å². The lowest BCUT2D eigenvalue weighted by Gasteiger charge is -2.45. The van der Waals surface area contributed by atoms with Crippen LogP contribution >= 0.6 is 0 Å². The van der Waals surface area contributed by atoms with Crippen LogP contribution in [0.4, 0.5) is 4.39 Å². The van der Waals surface area contributed by atoms with Gasteiger partial charge in [-0.3, -0.25) is 14.3 Å². The fourth-order valence-electron chi connectivity index (χ4n) is 3.92. The summed E-state index contributed by atoms with van der Waals surface area (Å²) in [6, 6.07) is 1.21. The van der Waals surface area contributed by atoms with E-state index < -0.39 is 52.0 Å². The van der Waals surface area contributed by atoms with Gasteiger partial charge in [0.1, 0.15) is 11.7 Å². The largest absolute Gasteiger partial charge is 0.414 e. The minimum Gasteiger partial charge on any atom is -0.414 e. The number of hydrogen-bond acceptors (Lipinski definition) is 5. The third-order valence-electron chi connectivity index (χ3n) is 8.47. The van der Waals surface area contributed by atoms with Crippen LogP contribution in [-0.4, -0.2) is 50.7 Å². The molecule has 1 saturated heterocycles. The maximum atomic E-state index is 16.4. The topological polar surface area (TPSA) is 82.5 Å². The van der Waals surface area contributed by atoms with E-state index in [0.29, 0.717) is 0 Å². The van der Waals surface area contributed by atoms with E-state index in [1.54, 1.807) is 0 Å². The van der Waals surface area contributed by atoms with E-state index in [0.717, 1.165) is 17.4 Å². The van der Waals surface area contributed by atoms with Gasteiger partial charge in [-0.1, -0.05) is 41.5 Å². The molecule has 4 atom stereocenters. The van der Waals surface area contributed by atoms with E-state index in [1.165, 1.54) is 12.3 Å². The zero-order valence-corrected chi connectivity index (χ0v) is 24.5. The summed E-state index contributed by atoms with van der Waals surface area (Å²) in [5, 5.41) is -0.147. The predicted octanol–water partition coefficient (Wildman–Crippen LogP) is 4.96. The molecule has 34 heavy (non-hydrogen) atoms. The highest BCUT2D eigenvalue weighted by molar-refractivity contribution is 6.74. The molecule has 1 aromatic heterocycles. The number of hydrogen-bond donors (Lipinski definition) is 1. The van der Waals surface area contributed by atoms with E-state index in [4.69, 9.17) is 13.6 Å². The number of H-pyrrole nitrogens is 1. The standard InChI is InChI=1S/C24H43FN2O5Si2/c1-22(2,3)33(7,8)30-15-24(16-11-12-16)19(32-34(9,10)23(4,5)6)18(25)20(31-24)27-14-13-17(28)26-21(27)29/h13-14,16,18-20H,11-12,15H2,1-10H3,(H,26,28,29)/t18-,19?,20+,24-/m0/s1. The summed E-state index contributed by atoms with van der Waals surface area (Å²) in [4.78, 5) is 26.4. The van der Waals surface area contributed by atoms with Crippen molar-refractivity contribution >= 4 is 16.6 Å². The van der Waals surface area contributed by atoms with Gasteiger partial charge in [0.15, 0.2) is 29.0 Å². The molecule has 0 spiro atoms. The average Bonchev–Trinajstić information content (AvgIpc) is 3.47. The van der Waals surface area contributed by atoms with Gasteiger partial charge >= 0.3 is 5.69 Å². The SMILES string of the molecule is CC(C)(C)[Si](C)(C)OC[C@@]1(C2CC2)O[C@@H](n2ccc(=O)[nH]c2=O)[C@@H](F)C1O[Si](C)(C)C(C)(C)C. The molecule has 1 aliphatic carbocycles. The predicted molar refractivity (Wildman–Crippen MR) is 137 cm³/mol. The Balaban J connectivity index is 2.07. The summed E-state index contributed by atoms with van der Waals surface area (Å²) in [6.45, 7) is 21.6. The minimum atomic E-state index is -2.39. The van der Waals surface area contributed by atoms with Crippen LogP contribution in [0.1, 0.15) is 60.6 Å². The summed E-state index contributed by atoms with van der Waals surface area (Å²) in [5.74, 6) is 0.0914. The molecule has 0 bridgehead atoms. The molecule has 1 aliphatic heterocycles. The first-order valence-corrected chi connectivity index (χ1v) is 18.1. The number of aromatic nitrogens is 2. The van der Waals surface area contributed by atoms with Gasteiger partial charge < -0.3 is 13.6 Å². The van der Waals surface area contributed by atoms with Crippen LogP contribution in [-0.2, 0) is 13.6 Å². The molecule has 10 heteroatoms. The Labute approximate surface area is 204 Å². The Bertz CT molecular complexity index is 1010. The highest BCUT2D eigenvalue weighted by Crippen LogP contribution is 2.55. The number of nitrogens with one attached hydrogen (secondary N) is 1. The molecular formula is C24H43FN2O5Si2. The normalized spacial score (nSPS) is 29.0. The van der Waals surface area contributed by atoms with Gasteiger partial charge in [-0.05, 0) is 55.0 Å². The lowest BCUT2D eigenvalue weighted by Crippen LogP contribution is -2.57. The number of alkyl halides is 1. The maximum absolute atomic E-state index is 16.4. The summed E-state index contributed by atoms with van der Waals surface area (Å²) < 4.78 is 37.4. The Hall–Kier alpha value is -1.08. The van der Waals surface area contributed by atoms with Crippen LogP contribution < -0.4 is 11.2 Å². The molecule has 2 heterocycles. The molecule has 0 radical (unpaired) electrons. The van der Waals surface area contributed by atoms with E-state index in [-0.39, 0.29) is 22.6 Å². The molecule has 1 unspecified atom stereocenters. The van der Waals surface area contributed by atoms with Gasteiger partial charge in [-0.2, -0.15) is 0 Å². The molecule has 1 N–H and O–H groups in total. The Kier molecular flexibility index (Phi) is 7.11. The zero-order chi connectivity index (χ0) is 25.9. The summed E-state index contributed by atoms with van der Waals surface area (Å²) in [6.07, 6.45) is -0.533. The fourth-order valence-corrected chi connectivity index (χ4v) is 6.25. The quantitative estimate of drug-likeness (QED) is 0.520. The van der Waals surface area contributed by atoms with Crippen molar-refractivity contribution in [3.8, 4) is 0 Å². The second-order valence-electron chi connectivity index (χ2n) is 13.0. The maximum Gasteiger partial charge on any atom is 0.330 e. The molecule has 2 fully saturated rings. The molecule has 2 aliphatic rings. The molecule has 194 valence electrons. The molecule has 0 amide bonds. The lowest BCUT2D eigenvalue weighted by molar-refractivity contribution is -0.136. The van der Waals surface area contributed by atoms with Crippen molar-refractivity contribution in [2.45, 2.75) is 115 Å². The summed E-state index contributed by atoms with van der Waals surface area (Å²) in [5.41, 5.74) is -2.22. The van der Waals surface area contributed by atoms with Crippen LogP contribution in [0.3, 0.4) is 0 Å². The first kappa shape index (κ1) is 27.5. The number of aromatic amines is 1. The third-order valence-corrected chi connectivity index (χ3v) is 17.4. The van der Waals surface area contributed by atoms with E-state index >= 15 is 4.39 Å². The number of rotatable bonds is 7. The van der Waals surface area contributed by atoms with Gasteiger partial charge in [0.05, 0.1) is 6.61 Å². The molecule has 7 nitrogen and oxygen atoms in total. The van der Waals surface area contributed by atoms with Crippen molar-refractivity contribution in [3.05, 3.63) is 33.1 Å². The number of halogens is 1. The first-order chi connectivity index (χ1) is 15.3. The van der Waals surface area contributed by atoms with Gasteiger partial charge in [0.2, 0.25) is 0 Å². The van der Waals surface area contributed by atoms with Gasteiger partial charge in [0.25, 0.3) is 5.56 Å². The monoisotopic (exact) mass is 514 g/mol. The fraction of sp³-hybridized carbons (Fsp3) is 0.833. The van der Waals surface area contributed by atoms with Crippen molar-refractivity contribution in [1.29, 1.82) is 0 Å². The van der Waals surface area contributed by atoms with Crippen molar-refractivity contribution in [2.75, 3.05) is 6.61 Å². The lowest BCUT2D eigenvalue weighted by atomic mass is 9.91. The second kappa shape index (κ2) is 8.79. The molecule has 3 rings (SSSR count). The van der Waals surface area contributed by atoms with Crippen molar-refractivity contribution in [1.82, 2.24) is 9.55 Å². The summed E-state index contributed by atoms with van der Waals surface area (Å²) in [7, 11) is -4.56. The van der Waals surface area contributed by atoms with Gasteiger partial charge in [-0.15, -0.1) is 0 Å². The average molecular weight is 515 g/mol.